The van der Waals surface area contributed by atoms with E-state index in [1.807, 2.05) is 6.07 Å². The van der Waals surface area contributed by atoms with Gasteiger partial charge >= 0.3 is 6.09 Å². The summed E-state index contributed by atoms with van der Waals surface area (Å²) in [6.07, 6.45) is 8.57. The first-order valence-corrected chi connectivity index (χ1v) is 9.82. The van der Waals surface area contributed by atoms with Crippen LogP contribution < -0.4 is 4.90 Å². The molecule has 1 amide bonds. The molecular weight excluding hydrogens is 340 g/mol. The van der Waals surface area contributed by atoms with E-state index in [-0.39, 0.29) is 6.04 Å². The van der Waals surface area contributed by atoms with E-state index in [0.29, 0.717) is 12.6 Å². The van der Waals surface area contributed by atoms with Crippen molar-refractivity contribution in [1.29, 1.82) is 0 Å². The number of hydrogen-bond acceptors (Lipinski definition) is 4. The molecule has 1 atom stereocenters. The van der Waals surface area contributed by atoms with Crippen molar-refractivity contribution in [3.8, 4) is 0 Å². The minimum absolute atomic E-state index is 0.0891. The van der Waals surface area contributed by atoms with E-state index in [1.54, 1.807) is 17.3 Å². The molecule has 2 aliphatic rings. The van der Waals surface area contributed by atoms with Crippen molar-refractivity contribution in [2.24, 2.45) is 0 Å². The van der Waals surface area contributed by atoms with Crippen LogP contribution in [0.1, 0.15) is 36.8 Å². The van der Waals surface area contributed by atoms with Crippen LogP contribution in [0.4, 0.5) is 10.7 Å². The molecule has 2 aromatic rings. The van der Waals surface area contributed by atoms with Crippen LogP contribution in [0, 0.1) is 0 Å². The quantitative estimate of drug-likeness (QED) is 0.879. The first kappa shape index (κ1) is 17.8. The van der Waals surface area contributed by atoms with Crippen LogP contribution in [-0.4, -0.2) is 51.2 Å². The highest BCUT2D eigenvalue weighted by molar-refractivity contribution is 5.65. The van der Waals surface area contributed by atoms with Gasteiger partial charge in [-0.05, 0) is 55.7 Å². The van der Waals surface area contributed by atoms with Gasteiger partial charge in [0.15, 0.2) is 0 Å². The van der Waals surface area contributed by atoms with Crippen molar-refractivity contribution >= 4 is 12.0 Å². The predicted octanol–water partition coefficient (Wildman–Crippen LogP) is 3.37. The minimum atomic E-state index is -0.796. The number of piperidine rings is 1. The molecule has 0 bridgehead atoms. The minimum Gasteiger partial charge on any atom is -0.465 e. The standard InChI is InChI=1S/C21H26N4O2/c26-21(27)25-12-4-3-8-18(25)9-13-24(20-22-10-5-11-23-20)19-14-16-6-1-2-7-17(16)15-19/h1-2,5-7,10-11,18-19H,3-4,8-9,12-15H2,(H,26,27). The summed E-state index contributed by atoms with van der Waals surface area (Å²) in [7, 11) is 0. The molecule has 1 saturated heterocycles. The highest BCUT2D eigenvalue weighted by Gasteiger charge is 2.31. The van der Waals surface area contributed by atoms with E-state index in [4.69, 9.17) is 0 Å². The molecule has 6 nitrogen and oxygen atoms in total. The molecule has 4 rings (SSSR count). The molecule has 0 spiro atoms. The number of hydrogen-bond donors (Lipinski definition) is 1. The molecule has 27 heavy (non-hydrogen) atoms. The lowest BCUT2D eigenvalue weighted by Gasteiger charge is -2.36. The summed E-state index contributed by atoms with van der Waals surface area (Å²) in [5.41, 5.74) is 2.79. The lowest BCUT2D eigenvalue weighted by atomic mass is 9.99. The molecule has 1 aromatic carbocycles. The third kappa shape index (κ3) is 3.89. The topological polar surface area (TPSA) is 69.6 Å². The zero-order valence-electron chi connectivity index (χ0n) is 15.5. The molecule has 1 aliphatic carbocycles. The molecule has 0 radical (unpaired) electrons. The van der Waals surface area contributed by atoms with Crippen LogP contribution in [0.2, 0.25) is 0 Å². The molecule has 1 fully saturated rings. The smallest absolute Gasteiger partial charge is 0.407 e. The lowest BCUT2D eigenvalue weighted by Crippen LogP contribution is -2.46. The van der Waals surface area contributed by atoms with Gasteiger partial charge in [-0.25, -0.2) is 14.8 Å². The van der Waals surface area contributed by atoms with Crippen molar-refractivity contribution in [3.63, 3.8) is 0 Å². The summed E-state index contributed by atoms with van der Waals surface area (Å²) < 4.78 is 0. The SMILES string of the molecule is O=C(O)N1CCCCC1CCN(c1ncccn1)C1Cc2ccccc2C1. The third-order valence-corrected chi connectivity index (χ3v) is 5.86. The Balaban J connectivity index is 1.50. The largest absolute Gasteiger partial charge is 0.465 e. The van der Waals surface area contributed by atoms with Crippen LogP contribution in [0.3, 0.4) is 0 Å². The monoisotopic (exact) mass is 366 g/mol. The van der Waals surface area contributed by atoms with Gasteiger partial charge in [0.05, 0.1) is 0 Å². The zero-order valence-corrected chi connectivity index (χ0v) is 15.5. The van der Waals surface area contributed by atoms with Crippen molar-refractivity contribution < 1.29 is 9.90 Å². The summed E-state index contributed by atoms with van der Waals surface area (Å²) in [5.74, 6) is 0.744. The van der Waals surface area contributed by atoms with E-state index in [0.717, 1.165) is 51.0 Å². The number of amides is 1. The fraction of sp³-hybridized carbons (Fsp3) is 0.476. The maximum Gasteiger partial charge on any atom is 0.407 e. The zero-order chi connectivity index (χ0) is 18.6. The summed E-state index contributed by atoms with van der Waals surface area (Å²) in [6.45, 7) is 1.42. The lowest BCUT2D eigenvalue weighted by molar-refractivity contribution is 0.104. The van der Waals surface area contributed by atoms with Gasteiger partial charge in [0.1, 0.15) is 0 Å². The second kappa shape index (κ2) is 7.94. The van der Waals surface area contributed by atoms with Crippen LogP contribution in [0.5, 0.6) is 0 Å². The first-order chi connectivity index (χ1) is 13.2. The van der Waals surface area contributed by atoms with Gasteiger partial charge < -0.3 is 14.9 Å². The van der Waals surface area contributed by atoms with Gasteiger partial charge in [0.2, 0.25) is 5.95 Å². The van der Waals surface area contributed by atoms with Gasteiger partial charge in [-0.1, -0.05) is 24.3 Å². The maximum absolute atomic E-state index is 11.6. The average molecular weight is 366 g/mol. The molecule has 1 aromatic heterocycles. The first-order valence-electron chi connectivity index (χ1n) is 9.82. The number of nitrogens with zero attached hydrogens (tertiary/aromatic N) is 4. The van der Waals surface area contributed by atoms with Gasteiger partial charge in [-0.3, -0.25) is 0 Å². The number of anilines is 1. The van der Waals surface area contributed by atoms with Gasteiger partial charge in [0.25, 0.3) is 0 Å². The van der Waals surface area contributed by atoms with Crippen LogP contribution >= 0.6 is 0 Å². The molecule has 1 aliphatic heterocycles. The predicted molar refractivity (Wildman–Crippen MR) is 104 cm³/mol. The average Bonchev–Trinajstić information content (AvgIpc) is 3.13. The Kier molecular flexibility index (Phi) is 5.23. The number of carboxylic acid groups (broad SMARTS) is 1. The van der Waals surface area contributed by atoms with Crippen molar-refractivity contribution in [2.45, 2.75) is 50.6 Å². The molecule has 0 saturated carbocycles. The fourth-order valence-electron chi connectivity index (χ4n) is 4.48. The van der Waals surface area contributed by atoms with Crippen LogP contribution in [0.25, 0.3) is 0 Å². The van der Waals surface area contributed by atoms with Crippen molar-refractivity contribution in [1.82, 2.24) is 14.9 Å². The second-order valence-corrected chi connectivity index (χ2v) is 7.49. The normalized spacial score (nSPS) is 19.7. The summed E-state index contributed by atoms with van der Waals surface area (Å²) in [6, 6.07) is 10.8. The number of fused-ring (bicyclic) bond motifs is 1. The molecule has 142 valence electrons. The Morgan fingerprint density at radius 2 is 1.81 bits per heavy atom. The maximum atomic E-state index is 11.6. The Morgan fingerprint density at radius 1 is 1.11 bits per heavy atom. The molecule has 1 unspecified atom stereocenters. The van der Waals surface area contributed by atoms with Crippen LogP contribution in [0.15, 0.2) is 42.7 Å². The highest BCUT2D eigenvalue weighted by Crippen LogP contribution is 2.28. The Labute approximate surface area is 159 Å². The number of benzene rings is 1. The Morgan fingerprint density at radius 3 is 2.48 bits per heavy atom. The number of rotatable bonds is 5. The Bertz CT molecular complexity index is 758. The molecule has 1 N–H and O–H groups in total. The van der Waals surface area contributed by atoms with Gasteiger partial charge in [-0.2, -0.15) is 0 Å². The van der Waals surface area contributed by atoms with E-state index < -0.39 is 6.09 Å². The van der Waals surface area contributed by atoms with E-state index in [1.165, 1.54) is 11.1 Å². The number of likely N-dealkylation sites (tertiary alicyclic amines) is 1. The number of aromatic nitrogens is 2. The summed E-state index contributed by atoms with van der Waals surface area (Å²) >= 11 is 0. The Hall–Kier alpha value is -2.63. The van der Waals surface area contributed by atoms with Gasteiger partial charge in [-0.15, -0.1) is 0 Å². The van der Waals surface area contributed by atoms with Gasteiger partial charge in [0, 0.05) is 37.6 Å². The summed E-state index contributed by atoms with van der Waals surface area (Å²) in [5, 5.41) is 9.51. The van der Waals surface area contributed by atoms with E-state index in [2.05, 4.69) is 39.1 Å². The second-order valence-electron chi connectivity index (χ2n) is 7.49. The van der Waals surface area contributed by atoms with E-state index in [9.17, 15) is 9.90 Å². The molecule has 6 heteroatoms. The fourth-order valence-corrected chi connectivity index (χ4v) is 4.48. The summed E-state index contributed by atoms with van der Waals surface area (Å²) in [4.78, 5) is 24.5. The highest BCUT2D eigenvalue weighted by atomic mass is 16.4. The van der Waals surface area contributed by atoms with Crippen molar-refractivity contribution in [2.75, 3.05) is 18.0 Å². The van der Waals surface area contributed by atoms with E-state index >= 15 is 0 Å². The number of carbonyl (C=O) groups is 1. The third-order valence-electron chi connectivity index (χ3n) is 5.86. The molecular formula is C21H26N4O2. The molecule has 2 heterocycles. The van der Waals surface area contributed by atoms with Crippen LogP contribution in [-0.2, 0) is 12.8 Å². The van der Waals surface area contributed by atoms with Crippen molar-refractivity contribution in [3.05, 3.63) is 53.9 Å².